The van der Waals surface area contributed by atoms with E-state index < -0.39 is 71.7 Å². The molecule has 0 saturated heterocycles. The zero-order valence-corrected chi connectivity index (χ0v) is 35.9. The van der Waals surface area contributed by atoms with Gasteiger partial charge in [-0.1, -0.05) is 140 Å². The van der Waals surface area contributed by atoms with Gasteiger partial charge in [-0.3, -0.25) is 9.55 Å². The van der Waals surface area contributed by atoms with Gasteiger partial charge in [-0.05, 0) is 142 Å². The van der Waals surface area contributed by atoms with Crippen LogP contribution in [0.1, 0.15) is 110 Å². The van der Waals surface area contributed by atoms with Crippen molar-refractivity contribution in [1.29, 1.82) is 0 Å². The van der Waals surface area contributed by atoms with Crippen molar-refractivity contribution in [1.82, 2.24) is 14.5 Å². The molecule has 4 nitrogen and oxygen atoms in total. The molecular weight excluding hydrogens is 731 g/mol. The number of aromatic nitrogens is 3. The molecular formula is C56H57N3O. The van der Waals surface area contributed by atoms with Crippen molar-refractivity contribution in [3.63, 3.8) is 0 Å². The number of pyridine rings is 1. The van der Waals surface area contributed by atoms with Gasteiger partial charge in [-0.2, -0.15) is 0 Å². The van der Waals surface area contributed by atoms with E-state index in [1.165, 1.54) is 0 Å². The molecule has 60 heavy (non-hydrogen) atoms. The second-order valence-corrected chi connectivity index (χ2v) is 17.9. The lowest BCUT2D eigenvalue weighted by Gasteiger charge is -2.25. The third kappa shape index (κ3) is 7.68. The first-order valence-corrected chi connectivity index (χ1v) is 20.2. The first-order chi connectivity index (χ1) is 32.9. The minimum Gasteiger partial charge on any atom is -0.507 e. The molecule has 0 radical (unpaired) electrons. The van der Waals surface area contributed by atoms with Gasteiger partial charge in [0.2, 0.25) is 0 Å². The average Bonchev–Trinajstić information content (AvgIpc) is 3.67. The Balaban J connectivity index is 1.42. The molecule has 0 aliphatic rings. The highest BCUT2D eigenvalue weighted by Crippen LogP contribution is 2.43. The standard InChI is InChI=1S/C56H57N3O/c1-34(2)47-33-43(23-24-45(47)46-15-12-13-17-49(46)56(9,10)11)59-51-18-14-16-44(52(51)58-54(59)48-28-36(4)27-37(5)53(48)60)40-29-41(31-42(30-40)55(6,7)8)50-32-39(25-26-57-50)38-21-19-35(3)20-22-38/h12-34,60H,1-11H3/i3D3,19D,20D,21D,22D,25D,26D,32D,34D. The zero-order chi connectivity index (χ0) is 52.2. The minimum absolute atomic E-state index is 0.0534. The van der Waals surface area contributed by atoms with Crippen LogP contribution in [0.25, 0.3) is 72.7 Å². The molecule has 0 aliphatic carbocycles. The molecule has 0 amide bonds. The summed E-state index contributed by atoms with van der Waals surface area (Å²) in [5.41, 5.74) is 8.27. The molecule has 2 heterocycles. The van der Waals surface area contributed by atoms with Gasteiger partial charge in [0.25, 0.3) is 0 Å². The van der Waals surface area contributed by atoms with Gasteiger partial charge >= 0.3 is 0 Å². The van der Waals surface area contributed by atoms with Gasteiger partial charge in [0, 0.05) is 28.5 Å². The Morgan fingerprint density at radius 1 is 0.683 bits per heavy atom. The molecule has 302 valence electrons. The van der Waals surface area contributed by atoms with Crippen molar-refractivity contribution in [2.24, 2.45) is 0 Å². The lowest BCUT2D eigenvalue weighted by molar-refractivity contribution is 0.472. The Labute approximate surface area is 372 Å². The molecule has 6 aromatic carbocycles. The number of hydrogen-bond donors (Lipinski definition) is 1. The SMILES string of the molecule is [2H]c1nc(-c2cc(-c3cccc4c3nc(-c3cc(C)cc(C)c3O)n4-c3ccc(-c4ccccc4C(C)(C)C)c(C([2H])(C)C)c3)cc(C(C)(C)C)c2)c([2H])c(-c2c([2H])c([2H])c(C([2H])([2H])[2H])c([2H])c2[2H])c1[2H]. The topological polar surface area (TPSA) is 50.9 Å². The van der Waals surface area contributed by atoms with E-state index in [0.717, 1.165) is 39.1 Å². The number of para-hydroxylation sites is 1. The van der Waals surface area contributed by atoms with Crippen molar-refractivity contribution in [3.8, 4) is 67.5 Å². The molecule has 8 rings (SSSR count). The predicted molar refractivity (Wildman–Crippen MR) is 253 cm³/mol. The Morgan fingerprint density at radius 3 is 2.13 bits per heavy atom. The van der Waals surface area contributed by atoms with Crippen LogP contribution in [0.4, 0.5) is 0 Å². The van der Waals surface area contributed by atoms with Gasteiger partial charge in [0.1, 0.15) is 11.6 Å². The fourth-order valence-electron chi connectivity index (χ4n) is 7.97. The van der Waals surface area contributed by atoms with E-state index in [2.05, 4.69) is 44.0 Å². The molecule has 0 unspecified atom stereocenters. The molecule has 4 heteroatoms. The van der Waals surface area contributed by atoms with Crippen LogP contribution in [0.2, 0.25) is 0 Å². The van der Waals surface area contributed by atoms with E-state index in [4.69, 9.17) is 17.3 Å². The number of imidazole rings is 1. The number of aryl methyl sites for hydroxylation is 2. The number of nitrogens with zero attached hydrogens (tertiary/aromatic N) is 3. The highest BCUT2D eigenvalue weighted by molar-refractivity contribution is 5.97. The van der Waals surface area contributed by atoms with E-state index in [1.54, 1.807) is 6.07 Å². The van der Waals surface area contributed by atoms with Crippen molar-refractivity contribution in [2.75, 3.05) is 0 Å². The van der Waals surface area contributed by atoms with Crippen LogP contribution >= 0.6 is 0 Å². The summed E-state index contributed by atoms with van der Waals surface area (Å²) in [6.45, 7) is 17.2. The zero-order valence-electron chi connectivity index (χ0n) is 46.9. The molecule has 0 fully saturated rings. The van der Waals surface area contributed by atoms with Crippen LogP contribution in [0.5, 0.6) is 5.75 Å². The maximum Gasteiger partial charge on any atom is 0.149 e. The van der Waals surface area contributed by atoms with Gasteiger partial charge in [-0.25, -0.2) is 4.98 Å². The summed E-state index contributed by atoms with van der Waals surface area (Å²) >= 11 is 0. The number of benzene rings is 6. The van der Waals surface area contributed by atoms with Crippen LogP contribution in [0.3, 0.4) is 0 Å². The van der Waals surface area contributed by atoms with Crippen LogP contribution in [0.15, 0.2) is 133 Å². The predicted octanol–water partition coefficient (Wildman–Crippen LogP) is 15.1. The molecule has 2 aromatic heterocycles. The Kier molecular flexibility index (Phi) is 7.46. The second kappa shape index (κ2) is 15.4. The fourth-order valence-corrected chi connectivity index (χ4v) is 7.97. The monoisotopic (exact) mass is 799 g/mol. The smallest absolute Gasteiger partial charge is 0.149 e. The van der Waals surface area contributed by atoms with Crippen molar-refractivity contribution >= 4 is 11.0 Å². The Morgan fingerprint density at radius 2 is 1.42 bits per heavy atom. The first kappa shape index (κ1) is 29.0. The summed E-state index contributed by atoms with van der Waals surface area (Å²) < 4.78 is 97.4. The molecule has 0 spiro atoms. The maximum absolute atomic E-state index is 11.8. The lowest BCUT2D eigenvalue weighted by atomic mass is 9.80. The third-order valence-corrected chi connectivity index (χ3v) is 11.0. The normalized spacial score (nSPS) is 15.1. The van der Waals surface area contributed by atoms with Crippen molar-refractivity contribution in [2.45, 2.75) is 92.8 Å². The number of aromatic hydroxyl groups is 1. The second-order valence-electron chi connectivity index (χ2n) is 17.9. The summed E-state index contributed by atoms with van der Waals surface area (Å²) in [5.74, 6) is -0.495. The number of hydrogen-bond acceptors (Lipinski definition) is 3. The van der Waals surface area contributed by atoms with Crippen LogP contribution in [-0.2, 0) is 10.8 Å². The summed E-state index contributed by atoms with van der Waals surface area (Å²) in [6.07, 6.45) is -0.577. The van der Waals surface area contributed by atoms with Crippen LogP contribution < -0.4 is 0 Å². The quantitative estimate of drug-likeness (QED) is 0.175. The van der Waals surface area contributed by atoms with Gasteiger partial charge in [-0.15, -0.1) is 0 Å². The molecule has 0 atom stereocenters. The van der Waals surface area contributed by atoms with Crippen LogP contribution in [-0.4, -0.2) is 19.6 Å². The first-order valence-electron chi connectivity index (χ1n) is 25.7. The third-order valence-electron chi connectivity index (χ3n) is 11.0. The summed E-state index contributed by atoms with van der Waals surface area (Å²) in [4.78, 5) is 9.81. The number of rotatable bonds is 7. The van der Waals surface area contributed by atoms with Gasteiger partial charge in [0.15, 0.2) is 0 Å². The van der Waals surface area contributed by atoms with Crippen molar-refractivity contribution in [3.05, 3.63) is 167 Å². The van der Waals surface area contributed by atoms with E-state index >= 15 is 0 Å². The number of fused-ring (bicyclic) bond motifs is 1. The largest absolute Gasteiger partial charge is 0.507 e. The highest BCUT2D eigenvalue weighted by Gasteiger charge is 2.25. The minimum atomic E-state index is -2.97. The molecule has 0 bridgehead atoms. The fraction of sp³-hybridized carbons (Fsp3) is 0.250. The number of phenolic OH excluding ortho intramolecular Hbond substituents is 1. The van der Waals surface area contributed by atoms with E-state index in [-0.39, 0.29) is 22.4 Å². The molecule has 1 N–H and O–H groups in total. The average molecular weight is 799 g/mol. The van der Waals surface area contributed by atoms with Crippen LogP contribution in [0, 0.1) is 20.7 Å². The van der Waals surface area contributed by atoms with E-state index in [1.807, 2.05) is 120 Å². The Bertz CT molecular complexity index is 3450. The van der Waals surface area contributed by atoms with E-state index in [0.29, 0.717) is 44.7 Å². The van der Waals surface area contributed by atoms with Gasteiger partial charge in [0.05, 0.1) is 31.9 Å². The van der Waals surface area contributed by atoms with Gasteiger partial charge < -0.3 is 5.11 Å². The lowest BCUT2D eigenvalue weighted by Crippen LogP contribution is -2.13. The molecule has 0 saturated carbocycles. The highest BCUT2D eigenvalue weighted by atomic mass is 16.3. The number of phenols is 1. The van der Waals surface area contributed by atoms with Crippen molar-refractivity contribution < 1.29 is 20.2 Å². The maximum atomic E-state index is 11.8. The van der Waals surface area contributed by atoms with E-state index in [9.17, 15) is 7.85 Å². The Hall–Kier alpha value is -6.26. The molecule has 8 aromatic rings. The summed E-state index contributed by atoms with van der Waals surface area (Å²) in [7, 11) is 0. The molecule has 0 aliphatic heterocycles. The summed E-state index contributed by atoms with van der Waals surface area (Å²) in [5, 5.41) is 11.8. The summed E-state index contributed by atoms with van der Waals surface area (Å²) in [6, 6.07) is 25.6.